The summed E-state index contributed by atoms with van der Waals surface area (Å²) in [4.78, 5) is 6.11. The van der Waals surface area contributed by atoms with Gasteiger partial charge in [-0.05, 0) is 36.4 Å². The van der Waals surface area contributed by atoms with Gasteiger partial charge in [0.25, 0.3) is 0 Å². The van der Waals surface area contributed by atoms with Gasteiger partial charge in [-0.15, -0.1) is 0 Å². The lowest BCUT2D eigenvalue weighted by molar-refractivity contribution is -0.137. The maximum Gasteiger partial charge on any atom is 0.416 e. The molecule has 0 amide bonds. The topological polar surface area (TPSA) is 51.6 Å². The average Bonchev–Trinajstić information content (AvgIpc) is 2.61. The Bertz CT molecular complexity index is 686. The normalized spacial score (nSPS) is 16.0. The molecule has 9 heteroatoms. The molecular formula is C16H17F3N4OS. The Hall–Kier alpha value is -2.13. The van der Waals surface area contributed by atoms with E-state index in [-0.39, 0.29) is 5.75 Å². The first-order valence-electron chi connectivity index (χ1n) is 7.67. The van der Waals surface area contributed by atoms with Crippen LogP contribution in [0.15, 0.2) is 42.6 Å². The molecule has 2 N–H and O–H groups in total. The van der Waals surface area contributed by atoms with Gasteiger partial charge in [0, 0.05) is 44.0 Å². The van der Waals surface area contributed by atoms with Gasteiger partial charge >= 0.3 is 6.18 Å². The fourth-order valence-corrected chi connectivity index (χ4v) is 3.15. The molecule has 0 spiro atoms. The van der Waals surface area contributed by atoms with Crippen molar-refractivity contribution in [2.75, 3.05) is 35.8 Å². The van der Waals surface area contributed by atoms with Crippen LogP contribution < -0.4 is 9.62 Å². The molecule has 0 unspecified atom stereocenters. The smallest absolute Gasteiger partial charge is 0.416 e. The van der Waals surface area contributed by atoms with E-state index in [1.807, 2.05) is 0 Å². The van der Waals surface area contributed by atoms with E-state index in [1.165, 1.54) is 30.5 Å². The fourth-order valence-electron chi connectivity index (χ4n) is 2.46. The fraction of sp³-hybridized carbons (Fsp3) is 0.312. The zero-order valence-corrected chi connectivity index (χ0v) is 14.0. The van der Waals surface area contributed by atoms with Crippen LogP contribution in [0.25, 0.3) is 0 Å². The Balaban J connectivity index is 1.49. The number of piperazine rings is 1. The van der Waals surface area contributed by atoms with E-state index in [4.69, 9.17) is 0 Å². The highest BCUT2D eigenvalue weighted by molar-refractivity contribution is 7.98. The molecule has 1 aromatic heterocycles. The van der Waals surface area contributed by atoms with Gasteiger partial charge in [-0.3, -0.25) is 0 Å². The monoisotopic (exact) mass is 370 g/mol. The van der Waals surface area contributed by atoms with E-state index in [2.05, 4.69) is 18.9 Å². The molecule has 2 heterocycles. The molecule has 0 radical (unpaired) electrons. The molecule has 0 atom stereocenters. The molecule has 1 aromatic carbocycles. The van der Waals surface area contributed by atoms with Gasteiger partial charge in [-0.25, -0.2) is 9.29 Å². The van der Waals surface area contributed by atoms with Crippen LogP contribution in [0.1, 0.15) is 5.56 Å². The number of benzene rings is 1. The number of nitrogens with zero attached hydrogens (tertiary/aromatic N) is 3. The van der Waals surface area contributed by atoms with Crippen LogP contribution in [0.4, 0.5) is 24.7 Å². The van der Waals surface area contributed by atoms with Crippen LogP contribution in [0, 0.1) is 0 Å². The molecule has 0 saturated carbocycles. The first kappa shape index (κ1) is 17.7. The third-order valence-electron chi connectivity index (χ3n) is 3.83. The summed E-state index contributed by atoms with van der Waals surface area (Å²) in [6.45, 7) is 2.97. The van der Waals surface area contributed by atoms with E-state index >= 15 is 0 Å². The van der Waals surface area contributed by atoms with E-state index in [9.17, 15) is 18.3 Å². The molecule has 1 fully saturated rings. The number of hydrogen-bond acceptors (Lipinski definition) is 6. The summed E-state index contributed by atoms with van der Waals surface area (Å²) in [5, 5.41) is 9.20. The predicted octanol–water partition coefficient (Wildman–Crippen LogP) is 3.60. The molecular weight excluding hydrogens is 353 g/mol. The summed E-state index contributed by atoms with van der Waals surface area (Å²) >= 11 is 1.42. The van der Waals surface area contributed by atoms with E-state index in [1.54, 1.807) is 12.1 Å². The molecule has 134 valence electrons. The van der Waals surface area contributed by atoms with Crippen molar-refractivity contribution in [3.8, 4) is 5.75 Å². The Kier molecular flexibility index (Phi) is 5.24. The average molecular weight is 370 g/mol. The highest BCUT2D eigenvalue weighted by Crippen LogP contribution is 2.31. The number of alkyl halides is 3. The second kappa shape index (κ2) is 7.40. The summed E-state index contributed by atoms with van der Waals surface area (Å²) in [5.74, 6) is 0.758. The predicted molar refractivity (Wildman–Crippen MR) is 92.3 cm³/mol. The Morgan fingerprint density at radius 3 is 2.24 bits per heavy atom. The van der Waals surface area contributed by atoms with Crippen LogP contribution in [0.2, 0.25) is 0 Å². The van der Waals surface area contributed by atoms with Crippen molar-refractivity contribution in [1.82, 2.24) is 9.29 Å². The Morgan fingerprint density at radius 1 is 1.00 bits per heavy atom. The van der Waals surface area contributed by atoms with Crippen molar-refractivity contribution in [1.29, 1.82) is 0 Å². The van der Waals surface area contributed by atoms with Gasteiger partial charge in [0.05, 0.1) is 11.8 Å². The number of pyridine rings is 1. The van der Waals surface area contributed by atoms with Crippen LogP contribution >= 0.6 is 12.1 Å². The van der Waals surface area contributed by atoms with Crippen molar-refractivity contribution in [2.24, 2.45) is 0 Å². The SMILES string of the molecule is Oc1ccc(NSN2CCN(c3ccc(C(F)(F)F)cc3)CC2)nc1. The maximum atomic E-state index is 12.6. The van der Waals surface area contributed by atoms with Crippen molar-refractivity contribution < 1.29 is 18.3 Å². The molecule has 0 bridgehead atoms. The number of aromatic hydroxyl groups is 1. The van der Waals surface area contributed by atoms with Crippen LogP contribution in [-0.4, -0.2) is 40.6 Å². The van der Waals surface area contributed by atoms with E-state index < -0.39 is 11.7 Å². The zero-order valence-electron chi connectivity index (χ0n) is 13.2. The third kappa shape index (κ3) is 4.70. The summed E-state index contributed by atoms with van der Waals surface area (Å²) < 4.78 is 43.1. The second-order valence-electron chi connectivity index (χ2n) is 5.56. The van der Waals surface area contributed by atoms with Gasteiger partial charge in [0.2, 0.25) is 0 Å². The molecule has 1 aliphatic rings. The van der Waals surface area contributed by atoms with Crippen molar-refractivity contribution in [2.45, 2.75) is 6.18 Å². The van der Waals surface area contributed by atoms with E-state index in [0.29, 0.717) is 5.82 Å². The molecule has 1 saturated heterocycles. The number of hydrogen-bond donors (Lipinski definition) is 2. The summed E-state index contributed by atoms with van der Waals surface area (Å²) in [6.07, 6.45) is -2.94. The molecule has 2 aromatic rings. The number of aromatic nitrogens is 1. The first-order valence-corrected chi connectivity index (χ1v) is 8.44. The number of rotatable bonds is 4. The Labute approximate surface area is 147 Å². The van der Waals surface area contributed by atoms with Crippen LogP contribution in [0.3, 0.4) is 0 Å². The van der Waals surface area contributed by atoms with Crippen molar-refractivity contribution in [3.63, 3.8) is 0 Å². The molecule has 1 aliphatic heterocycles. The Morgan fingerprint density at radius 2 is 1.68 bits per heavy atom. The summed E-state index contributed by atoms with van der Waals surface area (Å²) in [7, 11) is 0. The number of halogens is 3. The zero-order chi connectivity index (χ0) is 17.9. The summed E-state index contributed by atoms with van der Waals surface area (Å²) in [5.41, 5.74) is 0.168. The lowest BCUT2D eigenvalue weighted by Crippen LogP contribution is -2.43. The van der Waals surface area contributed by atoms with Crippen LogP contribution in [0.5, 0.6) is 5.75 Å². The standard InChI is InChI=1S/C16H17F3N4OS/c17-16(18,19)12-1-3-13(4-2-12)22-7-9-23(10-8-22)25-21-15-6-5-14(24)11-20-15/h1-6,11,24H,7-10H2,(H,20,21). The van der Waals surface area contributed by atoms with Crippen molar-refractivity contribution in [3.05, 3.63) is 48.2 Å². The second-order valence-corrected chi connectivity index (χ2v) is 6.46. The quantitative estimate of drug-likeness (QED) is 0.802. The minimum atomic E-state index is -4.30. The first-order chi connectivity index (χ1) is 11.9. The highest BCUT2D eigenvalue weighted by atomic mass is 32.2. The van der Waals surface area contributed by atoms with Gasteiger partial charge in [0.15, 0.2) is 0 Å². The lowest BCUT2D eigenvalue weighted by Gasteiger charge is -2.35. The largest absolute Gasteiger partial charge is 0.506 e. The highest BCUT2D eigenvalue weighted by Gasteiger charge is 2.30. The molecule has 25 heavy (non-hydrogen) atoms. The third-order valence-corrected chi connectivity index (χ3v) is 4.75. The van der Waals surface area contributed by atoms with Crippen molar-refractivity contribution >= 4 is 23.6 Å². The van der Waals surface area contributed by atoms with Gasteiger partial charge in [-0.2, -0.15) is 13.2 Å². The van der Waals surface area contributed by atoms with Crippen LogP contribution in [-0.2, 0) is 6.18 Å². The molecule has 0 aliphatic carbocycles. The maximum absolute atomic E-state index is 12.6. The van der Waals surface area contributed by atoms with Gasteiger partial charge < -0.3 is 14.7 Å². The van der Waals surface area contributed by atoms with E-state index in [0.717, 1.165) is 44.0 Å². The minimum Gasteiger partial charge on any atom is -0.506 e. The van der Waals surface area contributed by atoms with Gasteiger partial charge in [-0.1, -0.05) is 0 Å². The minimum absolute atomic E-state index is 0.112. The lowest BCUT2D eigenvalue weighted by atomic mass is 10.2. The number of nitrogens with one attached hydrogen (secondary N) is 1. The summed E-state index contributed by atoms with van der Waals surface area (Å²) in [6, 6.07) is 8.51. The molecule has 3 rings (SSSR count). The molecule has 5 nitrogen and oxygen atoms in total. The number of anilines is 2. The van der Waals surface area contributed by atoms with Gasteiger partial charge in [0.1, 0.15) is 11.6 Å².